The van der Waals surface area contributed by atoms with E-state index >= 15 is 0 Å². The number of aliphatic hydroxyl groups excluding tert-OH is 3. The topological polar surface area (TPSA) is 410 Å². The maximum atomic E-state index is 12.8. The largest absolute Gasteiger partial charge is 0.508 e. The van der Waals surface area contributed by atoms with Crippen LogP contribution in [0, 0.1) is 29.6 Å². The summed E-state index contributed by atoms with van der Waals surface area (Å²) >= 11 is 0. The number of methoxy groups -OCH3 is 3. The molecule has 0 saturated heterocycles. The summed E-state index contributed by atoms with van der Waals surface area (Å²) in [6, 6.07) is 21.0. The molecule has 0 unspecified atom stereocenters. The second-order valence-corrected chi connectivity index (χ2v) is 22.0. The SMILES string of the molecule is CC[C@@H]1C=C[C@H](n2ccc(=O)[nH]c2=O)C1.COC(=O)OC[C@@H]1C=C[C@H](n2ccc(=O)n(C(=O)c3ccccc3)c2=O)C1.COC(=O)OC[C@@H]1CC=C[C@@H]1OC(=O)OC.O=C(c1ccccc1)n1c(=O)cc[nH]c1=O.O=c1ccn([C@H]2C=C[C@@H](CO)C2)c(=O)[nH]1.OC[C@@H]1CC=C[C@@H]1O. The number of H-pyrrole nitrogens is 3. The van der Waals surface area contributed by atoms with Crippen LogP contribution in [-0.2, 0) is 28.4 Å². The van der Waals surface area contributed by atoms with E-state index in [-0.39, 0.29) is 85.0 Å². The van der Waals surface area contributed by atoms with Crippen molar-refractivity contribution < 1.29 is 67.7 Å². The predicted molar refractivity (Wildman–Crippen MR) is 349 cm³/mol. The molecule has 0 bridgehead atoms. The zero-order valence-electron chi connectivity index (χ0n) is 53.3. The number of aliphatic hydroxyl groups is 3. The van der Waals surface area contributed by atoms with Gasteiger partial charge in [-0.1, -0.05) is 98.0 Å². The van der Waals surface area contributed by atoms with Gasteiger partial charge in [-0.25, -0.2) is 33.6 Å². The Morgan fingerprint density at radius 2 is 0.969 bits per heavy atom. The van der Waals surface area contributed by atoms with Crippen molar-refractivity contribution in [2.24, 2.45) is 29.6 Å². The predicted octanol–water partition coefficient (Wildman–Crippen LogP) is 3.95. The van der Waals surface area contributed by atoms with Crippen LogP contribution < -0.4 is 45.0 Å². The highest BCUT2D eigenvalue weighted by atomic mass is 16.7. The summed E-state index contributed by atoms with van der Waals surface area (Å²) in [6.07, 6.45) is 26.0. The molecule has 2 aromatic carbocycles. The number of benzene rings is 2. The number of aromatic nitrogens is 8. The van der Waals surface area contributed by atoms with Gasteiger partial charge in [0.25, 0.3) is 34.1 Å². The Bertz CT molecular complexity index is 4170. The van der Waals surface area contributed by atoms with Crippen molar-refractivity contribution in [3.8, 4) is 0 Å². The average molecular weight is 1350 g/mol. The molecule has 30 nitrogen and oxygen atoms in total. The molecule has 6 N–H and O–H groups in total. The van der Waals surface area contributed by atoms with Crippen LogP contribution in [0.2, 0.25) is 0 Å². The number of hydrogen-bond acceptors (Lipinski definition) is 22. The molecule has 0 fully saturated rings. The lowest BCUT2D eigenvalue weighted by Crippen LogP contribution is -2.43. The molecule has 30 heteroatoms. The minimum absolute atomic E-state index is 0.0634. The monoisotopic (exact) mass is 1340 g/mol. The molecule has 5 aliphatic carbocycles. The maximum Gasteiger partial charge on any atom is 0.508 e. The Labute approximate surface area is 551 Å². The van der Waals surface area contributed by atoms with Crippen LogP contribution in [-0.4, -0.2) is 143 Å². The van der Waals surface area contributed by atoms with E-state index in [0.29, 0.717) is 39.9 Å². The van der Waals surface area contributed by atoms with E-state index in [0.717, 1.165) is 25.3 Å². The number of rotatable bonds is 13. The smallest absolute Gasteiger partial charge is 0.438 e. The Kier molecular flexibility index (Phi) is 29.1. The molecular formula is C67H76N8O22. The fraction of sp³-hybridized carbons (Fsp3) is 0.358. The molecule has 5 aliphatic rings. The van der Waals surface area contributed by atoms with Crippen LogP contribution in [0.25, 0.3) is 0 Å². The van der Waals surface area contributed by atoms with Gasteiger partial charge in [0.2, 0.25) is 0 Å². The molecular weight excluding hydrogens is 1270 g/mol. The minimum atomic E-state index is -0.772. The van der Waals surface area contributed by atoms with Gasteiger partial charge in [0.15, 0.2) is 0 Å². The average Bonchev–Trinajstić information content (AvgIpc) is 1.58. The number of carbonyl (C=O) groups excluding carboxylic acids is 5. The molecule has 0 amide bonds. The Hall–Kier alpha value is -11.1. The van der Waals surface area contributed by atoms with Crippen LogP contribution in [0.5, 0.6) is 0 Å². The standard InChI is InChI=1S/C19H18N2O6.C11H8N2O3.C11H14N2O2.C10H12N2O3.C10H14O6.C6H10O2/c1-26-19(25)27-12-13-7-8-15(11-13)20-10-9-16(22)21(18(20)24)17(23)14-5-3-2-4-6-14;14-9-6-7-12-11(16)13(9)10(15)8-4-2-1-3-5-8;1-2-8-3-4-9(7-8)13-6-5-10(14)12-11(13)15;13-6-7-1-2-8(5-7)12-4-3-9(14)11-10(12)15;1-13-9(11)15-6-7-4-3-5-8(7)16-10(12)14-2;7-4-5-2-1-3-6(5)8/h2-10,13,15H,11-12H2,1H3;1-7H,(H,12,16);3-6,8-9H,2,7H2,1H3,(H,12,14,15);1-4,7-8,13H,5-6H2,(H,11,14,15);3,5,7-8H,4,6H2,1-2H3;1,3,5-8H,2,4H2/t13-,15+;;8-,9+;7-,8+;7-,8-;5-,6-/m1.1100/s1. The molecule has 516 valence electrons. The van der Waals surface area contributed by atoms with Gasteiger partial charge in [0.1, 0.15) is 19.3 Å². The normalized spacial score (nSPS) is 21.1. The zero-order valence-corrected chi connectivity index (χ0v) is 53.3. The van der Waals surface area contributed by atoms with Crippen molar-refractivity contribution in [1.29, 1.82) is 0 Å². The highest BCUT2D eigenvalue weighted by molar-refractivity contribution is 5.96. The molecule has 6 aromatic rings. The summed E-state index contributed by atoms with van der Waals surface area (Å²) in [5, 5.41) is 26.4. The van der Waals surface area contributed by atoms with Crippen LogP contribution in [0.1, 0.15) is 84.3 Å². The Morgan fingerprint density at radius 3 is 1.44 bits per heavy atom. The van der Waals surface area contributed by atoms with Gasteiger partial charge in [-0.2, -0.15) is 9.13 Å². The summed E-state index contributed by atoms with van der Waals surface area (Å²) in [6.45, 7) is 2.57. The second kappa shape index (κ2) is 37.7. The summed E-state index contributed by atoms with van der Waals surface area (Å²) in [4.78, 5) is 156. The third kappa shape index (κ3) is 22.0. The first-order valence-electron chi connectivity index (χ1n) is 30.5. The fourth-order valence-corrected chi connectivity index (χ4v) is 10.3. The molecule has 11 rings (SSSR count). The summed E-state index contributed by atoms with van der Waals surface area (Å²) in [5.74, 6) is -0.762. The second-order valence-electron chi connectivity index (χ2n) is 22.0. The van der Waals surface area contributed by atoms with Crippen molar-refractivity contribution in [3.63, 3.8) is 0 Å². The number of allylic oxidation sites excluding steroid dienone is 6. The van der Waals surface area contributed by atoms with Gasteiger partial charge in [0, 0.05) is 97.1 Å². The highest BCUT2D eigenvalue weighted by Crippen LogP contribution is 2.29. The highest BCUT2D eigenvalue weighted by Gasteiger charge is 2.29. The van der Waals surface area contributed by atoms with E-state index in [2.05, 4.69) is 42.2 Å². The number of carbonyl (C=O) groups is 5. The molecule has 4 heterocycles. The van der Waals surface area contributed by atoms with Crippen LogP contribution in [0.4, 0.5) is 14.4 Å². The van der Waals surface area contributed by atoms with E-state index in [4.69, 9.17) is 29.5 Å². The molecule has 0 spiro atoms. The summed E-state index contributed by atoms with van der Waals surface area (Å²) < 4.78 is 33.4. The van der Waals surface area contributed by atoms with Gasteiger partial charge < -0.3 is 48.7 Å². The van der Waals surface area contributed by atoms with Gasteiger partial charge >= 0.3 is 41.2 Å². The third-order valence-corrected chi connectivity index (χ3v) is 15.6. The van der Waals surface area contributed by atoms with Crippen molar-refractivity contribution in [3.05, 3.63) is 265 Å². The molecule has 10 atom stereocenters. The van der Waals surface area contributed by atoms with E-state index in [9.17, 15) is 62.3 Å². The first-order chi connectivity index (χ1) is 46.6. The number of ether oxygens (including phenoxy) is 6. The number of aromatic amines is 3. The summed E-state index contributed by atoms with van der Waals surface area (Å²) in [5.41, 5.74) is -3.69. The summed E-state index contributed by atoms with van der Waals surface area (Å²) in [7, 11) is 3.70. The molecule has 4 aromatic heterocycles. The zero-order chi connectivity index (χ0) is 70.6. The molecule has 0 saturated carbocycles. The van der Waals surface area contributed by atoms with Crippen LogP contribution >= 0.6 is 0 Å². The lowest BCUT2D eigenvalue weighted by Gasteiger charge is -2.18. The van der Waals surface area contributed by atoms with Crippen LogP contribution in [0.3, 0.4) is 0 Å². The first-order valence-corrected chi connectivity index (χ1v) is 30.5. The minimum Gasteiger partial charge on any atom is -0.438 e. The van der Waals surface area contributed by atoms with Gasteiger partial charge in [-0.05, 0) is 74.8 Å². The maximum absolute atomic E-state index is 12.8. The Balaban J connectivity index is 0.000000190. The lowest BCUT2D eigenvalue weighted by atomic mass is 10.1. The third-order valence-electron chi connectivity index (χ3n) is 15.6. The van der Waals surface area contributed by atoms with Gasteiger partial charge in [-0.15, -0.1) is 0 Å². The number of nitrogens with one attached hydrogen (secondary N) is 3. The van der Waals surface area contributed by atoms with Gasteiger partial charge in [-0.3, -0.25) is 52.4 Å². The molecule has 0 aliphatic heterocycles. The quantitative estimate of drug-likeness (QED) is 0.0541. The Morgan fingerprint density at radius 1 is 0.495 bits per heavy atom. The fourth-order valence-electron chi connectivity index (χ4n) is 10.3. The van der Waals surface area contributed by atoms with Crippen molar-refractivity contribution in [2.45, 2.75) is 75.8 Å². The van der Waals surface area contributed by atoms with E-state index in [1.807, 2.05) is 36.5 Å². The van der Waals surface area contributed by atoms with E-state index < -0.39 is 76.2 Å². The van der Waals surface area contributed by atoms with Crippen molar-refractivity contribution in [2.75, 3.05) is 47.8 Å². The molecule has 0 radical (unpaired) electrons. The van der Waals surface area contributed by atoms with E-state index in [1.54, 1.807) is 89.7 Å². The lowest BCUT2D eigenvalue weighted by molar-refractivity contribution is 0.0114. The first kappa shape index (κ1) is 74.9. The van der Waals surface area contributed by atoms with Gasteiger partial charge in [0.05, 0.1) is 45.6 Å². The number of nitrogens with zero attached hydrogens (tertiary/aromatic N) is 5. The number of hydrogen-bond donors (Lipinski definition) is 6. The van der Waals surface area contributed by atoms with Crippen molar-refractivity contribution in [1.82, 2.24) is 37.8 Å². The van der Waals surface area contributed by atoms with Crippen LogP contribution in [0.15, 0.2) is 209 Å². The molecule has 97 heavy (non-hydrogen) atoms. The van der Waals surface area contributed by atoms with Crippen molar-refractivity contribution >= 4 is 30.3 Å². The van der Waals surface area contributed by atoms with E-state index in [1.165, 1.54) is 67.3 Å².